The number of aliphatic carboxylic acids is 1. The SMILES string of the molecule is CC(=O)N[C@H]1[C@@H](O[C@@H]2C[C@@H](C(=O)N[C@@H](C)C(=O)N[C@@H](C)C(=O)N3C[C@H](O[C@H]4O[C@H](CO)[C@H](O)[C@H](O)[C@H]4NC(C)=O)C[C@H]3C(=O)N[C@@H](C)C(=O)N[C@@H](C)C(=O)N3C[C@H](O[C@H]4O[C@H](CO)[C@H](O)[C@H](O)[C@H]4NC(C)=O)C[C@H]3C(=O)N[C@@H](C)C(=O)N[C@@H](C)C(=O)N3C[C@H](O[C@H]4O[C@H](CO)[C@H](O)[C@H](O)[C@H]4NC(C)=O)C[C@H]3C(=O)N[C@@H](C)C(=O)O)N(C(=O)[C@H](C)N)C2)O[C@H](CO)[C@H](O)[C@@H]1O. The molecule has 0 aliphatic carbocycles. The second kappa shape index (κ2) is 45.7. The van der Waals surface area contributed by atoms with Gasteiger partial charge in [0.15, 0.2) is 25.2 Å². The van der Waals surface area contributed by atoms with Gasteiger partial charge in [0.05, 0.1) is 56.9 Å². The zero-order valence-electron chi connectivity index (χ0n) is 72.7. The van der Waals surface area contributed by atoms with Crippen LogP contribution in [0.3, 0.4) is 0 Å². The zero-order chi connectivity index (χ0) is 96.3. The van der Waals surface area contributed by atoms with Crippen molar-refractivity contribution in [1.82, 2.24) is 78.1 Å². The lowest BCUT2D eigenvalue weighted by Crippen LogP contribution is -2.65. The molecule has 0 radical (unpaired) electrons. The number of nitrogens with one attached hydrogen (secondary N) is 11. The Labute approximate surface area is 737 Å². The molecule has 0 saturated carbocycles. The van der Waals surface area contributed by atoms with Crippen molar-refractivity contribution < 1.29 is 181 Å². The average Bonchev–Trinajstić information content (AvgIpc) is 1.62. The van der Waals surface area contributed by atoms with Crippen LogP contribution >= 0.6 is 0 Å². The van der Waals surface area contributed by atoms with E-state index in [-0.39, 0.29) is 13.0 Å². The van der Waals surface area contributed by atoms with Gasteiger partial charge in [-0.15, -0.1) is 0 Å². The monoisotopic (exact) mass is 1850 g/mol. The van der Waals surface area contributed by atoms with Crippen molar-refractivity contribution in [3.05, 3.63) is 0 Å². The number of aliphatic hydroxyl groups is 12. The first-order valence-electron chi connectivity index (χ1n) is 42.0. The summed E-state index contributed by atoms with van der Waals surface area (Å²) < 4.78 is 47.5. The molecular formula is C76H122N16O37. The maximum Gasteiger partial charge on any atom is 0.325 e. The summed E-state index contributed by atoms with van der Waals surface area (Å²) in [4.78, 5) is 223. The van der Waals surface area contributed by atoms with Crippen LogP contribution < -0.4 is 64.2 Å². The fourth-order valence-corrected chi connectivity index (χ4v) is 16.4. The maximum atomic E-state index is 15.0. The van der Waals surface area contributed by atoms with Crippen molar-refractivity contribution in [2.45, 2.75) is 328 Å². The van der Waals surface area contributed by atoms with Crippen molar-refractivity contribution >= 4 is 94.6 Å². The summed E-state index contributed by atoms with van der Waals surface area (Å²) in [6, 6.07) is -24.8. The molecule has 26 N–H and O–H groups in total. The lowest BCUT2D eigenvalue weighted by molar-refractivity contribution is -0.280. The lowest BCUT2D eigenvalue weighted by atomic mass is 9.97. The molecule has 8 heterocycles. The van der Waals surface area contributed by atoms with E-state index in [4.69, 9.17) is 43.6 Å². The molecule has 8 saturated heterocycles. The van der Waals surface area contributed by atoms with E-state index in [2.05, 4.69) is 58.5 Å². The van der Waals surface area contributed by atoms with Gasteiger partial charge in [-0.2, -0.15) is 0 Å². The van der Waals surface area contributed by atoms with Crippen LogP contribution in [0.2, 0.25) is 0 Å². The molecule has 129 heavy (non-hydrogen) atoms. The summed E-state index contributed by atoms with van der Waals surface area (Å²) >= 11 is 0. The molecule has 0 spiro atoms. The lowest BCUT2D eigenvalue weighted by Gasteiger charge is -2.42. The van der Waals surface area contributed by atoms with E-state index in [1.54, 1.807) is 0 Å². The number of ether oxygens (including phenoxy) is 8. The van der Waals surface area contributed by atoms with E-state index in [9.17, 15) is 143 Å². The first kappa shape index (κ1) is 105. The summed E-state index contributed by atoms with van der Waals surface area (Å²) in [5, 5.41) is 163. The van der Waals surface area contributed by atoms with Gasteiger partial charge in [0.2, 0.25) is 88.6 Å². The highest BCUT2D eigenvalue weighted by Crippen LogP contribution is 2.35. The second-order valence-electron chi connectivity index (χ2n) is 33.5. The predicted molar refractivity (Wildman–Crippen MR) is 426 cm³/mol. The van der Waals surface area contributed by atoms with Crippen LogP contribution in [0.5, 0.6) is 0 Å². The van der Waals surface area contributed by atoms with Crippen LogP contribution in [0.4, 0.5) is 0 Å². The number of hydrogen-bond acceptors (Lipinski definition) is 37. The molecule has 8 aliphatic heterocycles. The molecule has 53 heteroatoms. The number of amides is 15. The highest BCUT2D eigenvalue weighted by Gasteiger charge is 2.56. The van der Waals surface area contributed by atoms with E-state index in [0.717, 1.165) is 75.0 Å². The number of nitrogens with zero attached hydrogens (tertiary/aromatic N) is 4. The van der Waals surface area contributed by atoms with E-state index >= 15 is 0 Å². The van der Waals surface area contributed by atoms with E-state index in [0.29, 0.717) is 0 Å². The minimum absolute atomic E-state index is 0.313. The highest BCUT2D eigenvalue weighted by atomic mass is 16.7. The van der Waals surface area contributed by atoms with Crippen LogP contribution in [0.25, 0.3) is 0 Å². The molecule has 728 valence electrons. The van der Waals surface area contributed by atoms with Gasteiger partial charge < -0.3 is 188 Å². The molecule has 8 aliphatic rings. The molecular weight excluding hydrogens is 1730 g/mol. The Morgan fingerprint density at radius 1 is 0.318 bits per heavy atom. The van der Waals surface area contributed by atoms with E-state index < -0.39 is 379 Å². The molecule has 0 aromatic rings. The quantitative estimate of drug-likeness (QED) is 0.0280. The molecule has 8 fully saturated rings. The number of carboxylic acids is 1. The number of nitrogens with two attached hydrogens (primary N) is 1. The zero-order valence-corrected chi connectivity index (χ0v) is 72.7. The number of carbonyl (C=O) groups excluding carboxylic acids is 15. The van der Waals surface area contributed by atoms with Crippen LogP contribution in [0, 0.1) is 0 Å². The largest absolute Gasteiger partial charge is 0.480 e. The smallest absolute Gasteiger partial charge is 0.325 e. The summed E-state index contributed by atoms with van der Waals surface area (Å²) in [5.41, 5.74) is 5.97. The first-order valence-corrected chi connectivity index (χ1v) is 42.0. The van der Waals surface area contributed by atoms with Gasteiger partial charge in [-0.05, 0) is 55.4 Å². The Morgan fingerprint density at radius 3 is 0.705 bits per heavy atom. The number of carboxylic acid groups (broad SMARTS) is 1. The Balaban J connectivity index is 0.982. The first-order chi connectivity index (χ1) is 60.4. The van der Waals surface area contributed by atoms with Crippen LogP contribution in [0.1, 0.15) is 109 Å². The van der Waals surface area contributed by atoms with Gasteiger partial charge in [-0.3, -0.25) is 76.7 Å². The van der Waals surface area contributed by atoms with Gasteiger partial charge in [-0.25, -0.2) is 0 Å². The van der Waals surface area contributed by atoms with Crippen molar-refractivity contribution in [2.75, 3.05) is 52.6 Å². The summed E-state index contributed by atoms with van der Waals surface area (Å²) in [7, 11) is 0. The van der Waals surface area contributed by atoms with Gasteiger partial charge >= 0.3 is 5.97 Å². The average molecular weight is 1850 g/mol. The molecule has 0 bridgehead atoms. The maximum absolute atomic E-state index is 15.0. The molecule has 15 amide bonds. The summed E-state index contributed by atoms with van der Waals surface area (Å²) in [5.74, 6) is -15.6. The normalized spacial score (nSPS) is 34.6. The van der Waals surface area contributed by atoms with Crippen LogP contribution in [0.15, 0.2) is 0 Å². The number of rotatable bonds is 35. The fourth-order valence-electron chi connectivity index (χ4n) is 16.4. The third-order valence-corrected chi connectivity index (χ3v) is 23.3. The predicted octanol–water partition coefficient (Wildman–Crippen LogP) is -16.3. The van der Waals surface area contributed by atoms with Gasteiger partial charge in [-0.1, -0.05) is 0 Å². The molecule has 0 aromatic carbocycles. The second-order valence-corrected chi connectivity index (χ2v) is 33.5. The van der Waals surface area contributed by atoms with Crippen molar-refractivity contribution in [3.63, 3.8) is 0 Å². The minimum Gasteiger partial charge on any atom is -0.480 e. The molecule has 0 aromatic heterocycles. The van der Waals surface area contributed by atoms with E-state index in [1.165, 1.54) is 27.7 Å². The van der Waals surface area contributed by atoms with Crippen LogP contribution in [-0.4, -0.2) is 453 Å². The van der Waals surface area contributed by atoms with Gasteiger partial charge in [0.1, 0.15) is 164 Å². The summed E-state index contributed by atoms with van der Waals surface area (Å²) in [6.07, 6.45) is -33.5. The Bertz CT molecular complexity index is 4030. The van der Waals surface area contributed by atoms with Crippen molar-refractivity contribution in [2.24, 2.45) is 5.73 Å². The van der Waals surface area contributed by atoms with Crippen LogP contribution in [-0.2, 0) is 115 Å². The number of likely N-dealkylation sites (tertiary alicyclic amines) is 4. The summed E-state index contributed by atoms with van der Waals surface area (Å²) in [6.45, 7) is 8.37. The Morgan fingerprint density at radius 2 is 0.519 bits per heavy atom. The topological polar surface area (TPSA) is 781 Å². The Hall–Kier alpha value is -9.32. The number of hydrogen-bond donors (Lipinski definition) is 25. The number of aliphatic hydroxyl groups excluding tert-OH is 12. The number of carbonyl (C=O) groups is 16. The van der Waals surface area contributed by atoms with Gasteiger partial charge in [0, 0.05) is 79.6 Å². The minimum atomic E-state index is -1.85. The molecule has 8 rings (SSSR count). The fraction of sp³-hybridized carbons (Fsp3) is 0.789. The van der Waals surface area contributed by atoms with E-state index in [1.807, 2.05) is 0 Å². The standard InChI is InChI=1S/C76H122N16O37/c1-25(77)68(116)89-17-37(122-73-49(85-33(9)97)57(105)53(101)45(21-93)126-73)13-41(89)64(112)78-26(2)61(109)81-29(5)69(117)90-18-38(123-74-50(86-34(10)98)58(106)54(102)46(22-94)127-74)14-42(90)65(113)79-27(3)62(110)82-30(6)70(118)91-19-39(124-75-51(87-35(11)99)59(107)55(103)47(23-95)128-75)15-43(91)66(114)80-28(4)63(111)83-31(7)71(119)92-20-40(16-44(92)67(115)84-32(8)72(120)121)125-76-52(88-36(12)100)60(108)56(104)48(24-96)129-76/h25-32,37-60,73-76,93-96,101-108H,13-24,77H2,1-12H3,(H,78,112)(H,79,113)(H,80,114)(H,81,109)(H,82,110)(H,83,111)(H,84,115)(H,85,97)(H,86,98)(H,87,99)(H,88,100)(H,120,121)/t25-,26-,27-,28-,29-,30-,31-,32-,37+,38+,39+,40+,41-,42-,43-,44-,45+,46+,47+,48+,49+,50+,51+,52+,53-,54-,55-,56-,57+,58+,59+,60+,73-,74-,75-,76-/m0/s1. The third-order valence-electron chi connectivity index (χ3n) is 23.3. The molecule has 53 nitrogen and oxygen atoms in total. The Kier molecular flexibility index (Phi) is 37.2. The molecule has 0 unspecified atom stereocenters. The third kappa shape index (κ3) is 25.7. The van der Waals surface area contributed by atoms with Crippen molar-refractivity contribution in [1.29, 1.82) is 0 Å². The van der Waals surface area contributed by atoms with Crippen molar-refractivity contribution in [3.8, 4) is 0 Å². The molecule has 36 atom stereocenters. The highest BCUT2D eigenvalue weighted by molar-refractivity contribution is 6.00. The van der Waals surface area contributed by atoms with Gasteiger partial charge in [0.25, 0.3) is 0 Å².